The fourth-order valence-corrected chi connectivity index (χ4v) is 4.35. The maximum Gasteiger partial charge on any atom is 0.277 e. The number of aromatic hydroxyl groups is 1. The molecule has 0 saturated heterocycles. The first-order chi connectivity index (χ1) is 13.6. The molecule has 1 aromatic carbocycles. The molecule has 1 N–H and O–H groups in total. The van der Waals surface area contributed by atoms with Gasteiger partial charge in [-0.15, -0.1) is 11.3 Å². The second kappa shape index (κ2) is 6.43. The van der Waals surface area contributed by atoms with Crippen LogP contribution >= 0.6 is 22.7 Å². The zero-order chi connectivity index (χ0) is 19.3. The normalized spacial score (nSPS) is 16.8. The number of rotatable bonds is 2. The van der Waals surface area contributed by atoms with E-state index in [0.29, 0.717) is 37.2 Å². The molecule has 10 heteroatoms. The SMILES string of the molecule is Cn1c(O)c(C=C2C=c3cc4c(cc3=NC2=O)OCO4)sc1=Nc1nccs1. The van der Waals surface area contributed by atoms with Crippen LogP contribution < -0.4 is 24.9 Å². The fraction of sp³-hybridized carbons (Fsp3) is 0.111. The summed E-state index contributed by atoms with van der Waals surface area (Å²) in [5.74, 6) is 0.826. The van der Waals surface area contributed by atoms with Crippen LogP contribution in [0.3, 0.4) is 0 Å². The van der Waals surface area contributed by atoms with Crippen molar-refractivity contribution in [3.8, 4) is 17.4 Å². The van der Waals surface area contributed by atoms with E-state index < -0.39 is 0 Å². The molecule has 0 spiro atoms. The summed E-state index contributed by atoms with van der Waals surface area (Å²) in [7, 11) is 1.70. The first-order valence-electron chi connectivity index (χ1n) is 8.17. The van der Waals surface area contributed by atoms with Crippen molar-refractivity contribution in [3.05, 3.63) is 49.5 Å². The third kappa shape index (κ3) is 2.83. The predicted octanol–water partition coefficient (Wildman–Crippen LogP) is 1.23. The minimum Gasteiger partial charge on any atom is -0.493 e. The van der Waals surface area contributed by atoms with Crippen molar-refractivity contribution in [2.45, 2.75) is 0 Å². The molecule has 2 aliphatic heterocycles. The minimum absolute atomic E-state index is 0.0190. The molecule has 4 heterocycles. The maximum absolute atomic E-state index is 12.5. The Labute approximate surface area is 165 Å². The highest BCUT2D eigenvalue weighted by Gasteiger charge is 2.18. The van der Waals surface area contributed by atoms with Crippen LogP contribution in [0.5, 0.6) is 17.4 Å². The van der Waals surface area contributed by atoms with Crippen LogP contribution in [0.25, 0.3) is 12.2 Å². The summed E-state index contributed by atoms with van der Waals surface area (Å²) in [5, 5.41) is 14.2. The van der Waals surface area contributed by atoms with Gasteiger partial charge in [0.05, 0.1) is 10.2 Å². The number of carbonyl (C=O) groups is 1. The topological polar surface area (TPSA) is 98.3 Å². The quantitative estimate of drug-likeness (QED) is 0.639. The lowest BCUT2D eigenvalue weighted by Crippen LogP contribution is -2.30. The average molecular weight is 412 g/mol. The molecule has 3 aromatic rings. The second-order valence-electron chi connectivity index (χ2n) is 5.98. The molecule has 0 bridgehead atoms. The highest BCUT2D eigenvalue weighted by atomic mass is 32.1. The van der Waals surface area contributed by atoms with Gasteiger partial charge < -0.3 is 14.6 Å². The first-order valence-corrected chi connectivity index (χ1v) is 9.87. The second-order valence-corrected chi connectivity index (χ2v) is 7.87. The molecule has 8 nitrogen and oxygen atoms in total. The molecule has 140 valence electrons. The van der Waals surface area contributed by atoms with Gasteiger partial charge in [0.2, 0.25) is 17.8 Å². The van der Waals surface area contributed by atoms with E-state index in [2.05, 4.69) is 15.0 Å². The molecule has 0 aliphatic carbocycles. The standard InChI is InChI=1S/C18H12N4O4S2/c1-22-16(24)14(28-18(22)21-17-19-2-3-27-17)6-10-4-9-5-12-13(26-8-25-12)7-11(9)20-15(10)23/h2-7,24H,8H2,1H3. The molecule has 28 heavy (non-hydrogen) atoms. The Bertz CT molecular complexity index is 1330. The lowest BCUT2D eigenvalue weighted by molar-refractivity contribution is -0.114. The van der Waals surface area contributed by atoms with Crippen molar-refractivity contribution in [1.82, 2.24) is 9.55 Å². The van der Waals surface area contributed by atoms with E-state index in [9.17, 15) is 9.90 Å². The summed E-state index contributed by atoms with van der Waals surface area (Å²) in [6, 6.07) is 3.48. The number of benzene rings is 1. The number of hydrogen-bond donors (Lipinski definition) is 1. The lowest BCUT2D eigenvalue weighted by atomic mass is 10.1. The van der Waals surface area contributed by atoms with Crippen molar-refractivity contribution in [1.29, 1.82) is 0 Å². The molecule has 0 fully saturated rings. The van der Waals surface area contributed by atoms with Crippen molar-refractivity contribution in [2.24, 2.45) is 17.0 Å². The van der Waals surface area contributed by atoms with Crippen LogP contribution in [0.1, 0.15) is 4.88 Å². The van der Waals surface area contributed by atoms with Gasteiger partial charge in [0, 0.05) is 35.5 Å². The molecule has 0 saturated carbocycles. The van der Waals surface area contributed by atoms with Gasteiger partial charge in [0.1, 0.15) is 0 Å². The Morgan fingerprint density at radius 2 is 2.14 bits per heavy atom. The molecule has 2 aromatic heterocycles. The van der Waals surface area contributed by atoms with Crippen LogP contribution in [0.2, 0.25) is 0 Å². The first kappa shape index (κ1) is 16.9. The largest absolute Gasteiger partial charge is 0.493 e. The van der Waals surface area contributed by atoms with Crippen molar-refractivity contribution in [3.63, 3.8) is 0 Å². The monoisotopic (exact) mass is 412 g/mol. The van der Waals surface area contributed by atoms with E-state index in [-0.39, 0.29) is 18.6 Å². The van der Waals surface area contributed by atoms with Crippen molar-refractivity contribution >= 4 is 45.9 Å². The average Bonchev–Trinajstić information content (AvgIpc) is 3.40. The number of nitrogens with zero attached hydrogens (tertiary/aromatic N) is 4. The van der Waals surface area contributed by atoms with Gasteiger partial charge in [-0.3, -0.25) is 9.36 Å². The Kier molecular flexibility index (Phi) is 3.88. The Hall–Kier alpha value is -3.24. The number of thiazole rings is 2. The minimum atomic E-state index is -0.389. The smallest absolute Gasteiger partial charge is 0.277 e. The molecule has 0 atom stereocenters. The summed E-state index contributed by atoms with van der Waals surface area (Å²) in [6.07, 6.45) is 5.00. The number of ether oxygens (including phenoxy) is 2. The summed E-state index contributed by atoms with van der Waals surface area (Å²) in [6.45, 7) is 0.153. The van der Waals surface area contributed by atoms with Gasteiger partial charge in [-0.1, -0.05) is 11.3 Å². The Morgan fingerprint density at radius 1 is 1.32 bits per heavy atom. The molecule has 0 unspecified atom stereocenters. The van der Waals surface area contributed by atoms with Gasteiger partial charge in [0.15, 0.2) is 16.3 Å². The van der Waals surface area contributed by atoms with Gasteiger partial charge in [0.25, 0.3) is 5.91 Å². The molecule has 0 radical (unpaired) electrons. The Balaban J connectivity index is 1.61. The zero-order valence-electron chi connectivity index (χ0n) is 14.4. The van der Waals surface area contributed by atoms with Crippen molar-refractivity contribution < 1.29 is 19.4 Å². The van der Waals surface area contributed by atoms with Crippen LogP contribution in [-0.4, -0.2) is 27.4 Å². The van der Waals surface area contributed by atoms with Crippen molar-refractivity contribution in [2.75, 3.05) is 6.79 Å². The van der Waals surface area contributed by atoms with E-state index >= 15 is 0 Å². The van der Waals surface area contributed by atoms with E-state index in [1.165, 1.54) is 22.7 Å². The summed E-state index contributed by atoms with van der Waals surface area (Å²) in [4.78, 5) is 26.2. The van der Waals surface area contributed by atoms with Crippen LogP contribution in [0.15, 0.2) is 39.3 Å². The number of amides is 1. The highest BCUT2D eigenvalue weighted by molar-refractivity contribution is 7.13. The maximum atomic E-state index is 12.5. The van der Waals surface area contributed by atoms with E-state index in [1.54, 1.807) is 42.1 Å². The van der Waals surface area contributed by atoms with Gasteiger partial charge in [-0.25, -0.2) is 9.98 Å². The summed E-state index contributed by atoms with van der Waals surface area (Å²) >= 11 is 2.66. The number of aromatic nitrogens is 2. The zero-order valence-corrected chi connectivity index (χ0v) is 16.1. The Morgan fingerprint density at radius 3 is 2.93 bits per heavy atom. The number of hydrogen-bond acceptors (Lipinski definition) is 8. The lowest BCUT2D eigenvalue weighted by Gasteiger charge is -2.04. The summed E-state index contributed by atoms with van der Waals surface area (Å²) < 4.78 is 12.3. The number of fused-ring (bicyclic) bond motifs is 2. The third-order valence-corrected chi connectivity index (χ3v) is 5.96. The predicted molar refractivity (Wildman–Crippen MR) is 103 cm³/mol. The fourth-order valence-electron chi connectivity index (χ4n) is 2.82. The number of carbonyl (C=O) groups excluding carboxylic acids is 1. The molecular weight excluding hydrogens is 400 g/mol. The highest BCUT2D eigenvalue weighted by Crippen LogP contribution is 2.29. The van der Waals surface area contributed by atoms with Crippen LogP contribution in [0, 0.1) is 0 Å². The van der Waals surface area contributed by atoms with Gasteiger partial charge in [-0.2, -0.15) is 4.99 Å². The van der Waals surface area contributed by atoms with Crippen LogP contribution in [-0.2, 0) is 11.8 Å². The van der Waals surface area contributed by atoms with E-state index in [0.717, 1.165) is 5.22 Å². The van der Waals surface area contributed by atoms with Gasteiger partial charge >= 0.3 is 0 Å². The molecular formula is C18H12N4O4S2. The summed E-state index contributed by atoms with van der Waals surface area (Å²) in [5.41, 5.74) is 0.365. The molecule has 2 aliphatic rings. The van der Waals surface area contributed by atoms with Crippen LogP contribution in [0.4, 0.5) is 5.13 Å². The van der Waals surface area contributed by atoms with Gasteiger partial charge in [-0.05, 0) is 18.2 Å². The molecule has 1 amide bonds. The van der Waals surface area contributed by atoms with E-state index in [4.69, 9.17) is 9.47 Å². The molecule has 5 rings (SSSR count). The third-order valence-electron chi connectivity index (χ3n) is 4.23. The van der Waals surface area contributed by atoms with E-state index in [1.807, 2.05) is 5.38 Å².